The van der Waals surface area contributed by atoms with Crippen LogP contribution in [0.2, 0.25) is 0 Å². The van der Waals surface area contributed by atoms with Crippen molar-refractivity contribution < 1.29 is 18.7 Å². The summed E-state index contributed by atoms with van der Waals surface area (Å²) in [7, 11) is 0. The Balaban J connectivity index is 1.69. The Kier molecular flexibility index (Phi) is 5.64. The van der Waals surface area contributed by atoms with Gasteiger partial charge in [0.05, 0.1) is 0 Å². The molecule has 2 aromatic heterocycles. The van der Waals surface area contributed by atoms with Crippen molar-refractivity contribution in [3.63, 3.8) is 0 Å². The molecule has 2 heterocycles. The lowest BCUT2D eigenvalue weighted by atomic mass is 10.1. The van der Waals surface area contributed by atoms with Gasteiger partial charge in [-0.3, -0.25) is 9.20 Å². The predicted octanol–water partition coefficient (Wildman–Crippen LogP) is 3.46. The van der Waals surface area contributed by atoms with Crippen LogP contribution >= 0.6 is 11.3 Å². The highest BCUT2D eigenvalue weighted by Gasteiger charge is 2.21. The van der Waals surface area contributed by atoms with Crippen molar-refractivity contribution in [1.82, 2.24) is 20.0 Å². The molecule has 9 heteroatoms. The van der Waals surface area contributed by atoms with E-state index in [1.54, 1.807) is 43.5 Å². The Bertz CT molecular complexity index is 989. The molecule has 0 aliphatic carbocycles. The number of halogens is 1. The Morgan fingerprint density at radius 3 is 2.54 bits per heavy atom. The van der Waals surface area contributed by atoms with Gasteiger partial charge < -0.3 is 15.4 Å². The molecule has 2 amide bonds. The second kappa shape index (κ2) is 7.97. The largest absolute Gasteiger partial charge is 0.444 e. The van der Waals surface area contributed by atoms with E-state index in [0.717, 1.165) is 0 Å². The summed E-state index contributed by atoms with van der Waals surface area (Å²) in [5, 5.41) is 7.18. The number of thiazole rings is 1. The summed E-state index contributed by atoms with van der Waals surface area (Å²) in [5.74, 6) is -0.694. The van der Waals surface area contributed by atoms with Crippen LogP contribution in [0.15, 0.2) is 35.8 Å². The molecule has 0 fully saturated rings. The van der Waals surface area contributed by atoms with E-state index >= 15 is 0 Å². The number of alkyl carbamates (subject to hydrolysis) is 1. The van der Waals surface area contributed by atoms with Crippen molar-refractivity contribution >= 4 is 28.3 Å². The van der Waals surface area contributed by atoms with Crippen molar-refractivity contribution in [1.29, 1.82) is 0 Å². The van der Waals surface area contributed by atoms with Crippen LogP contribution in [-0.4, -0.2) is 40.1 Å². The zero-order valence-electron chi connectivity index (χ0n) is 15.8. The number of hydrogen-bond donors (Lipinski definition) is 2. The van der Waals surface area contributed by atoms with Crippen LogP contribution in [-0.2, 0) is 4.74 Å². The molecule has 0 saturated carbocycles. The van der Waals surface area contributed by atoms with Crippen LogP contribution in [0.5, 0.6) is 0 Å². The molecule has 0 radical (unpaired) electrons. The lowest BCUT2D eigenvalue weighted by molar-refractivity contribution is 0.0526. The van der Waals surface area contributed by atoms with Crippen LogP contribution in [0, 0.1) is 5.82 Å². The van der Waals surface area contributed by atoms with Crippen molar-refractivity contribution in [3.8, 4) is 11.3 Å². The van der Waals surface area contributed by atoms with Gasteiger partial charge in [-0.05, 0) is 45.0 Å². The number of carbonyl (C=O) groups is 2. The van der Waals surface area contributed by atoms with Crippen molar-refractivity contribution in [2.24, 2.45) is 0 Å². The first-order chi connectivity index (χ1) is 13.2. The molecule has 1 aromatic carbocycles. The van der Waals surface area contributed by atoms with Gasteiger partial charge >= 0.3 is 6.09 Å². The summed E-state index contributed by atoms with van der Waals surface area (Å²) in [4.78, 5) is 29.6. The molecule has 0 aliphatic rings. The average molecular weight is 404 g/mol. The van der Waals surface area contributed by atoms with E-state index < -0.39 is 11.7 Å². The highest BCUT2D eigenvalue weighted by Crippen LogP contribution is 2.26. The molecule has 0 atom stereocenters. The number of rotatable bonds is 5. The number of imidazole rings is 1. The minimum atomic E-state index is -0.584. The molecule has 7 nitrogen and oxygen atoms in total. The van der Waals surface area contributed by atoms with Crippen LogP contribution in [0.1, 0.15) is 31.3 Å². The van der Waals surface area contributed by atoms with Gasteiger partial charge in [0.2, 0.25) is 0 Å². The summed E-state index contributed by atoms with van der Waals surface area (Å²) >= 11 is 1.40. The molecule has 0 bridgehead atoms. The molecule has 28 heavy (non-hydrogen) atoms. The lowest BCUT2D eigenvalue weighted by Crippen LogP contribution is -2.38. The minimum absolute atomic E-state index is 0.220. The lowest BCUT2D eigenvalue weighted by Gasteiger charge is -2.19. The zero-order valence-corrected chi connectivity index (χ0v) is 16.6. The van der Waals surface area contributed by atoms with E-state index in [-0.39, 0.29) is 24.8 Å². The minimum Gasteiger partial charge on any atom is -0.444 e. The molecular formula is C19H21FN4O3S. The Morgan fingerprint density at radius 1 is 1.18 bits per heavy atom. The van der Waals surface area contributed by atoms with Gasteiger partial charge in [0.15, 0.2) is 4.96 Å². The smallest absolute Gasteiger partial charge is 0.407 e. The van der Waals surface area contributed by atoms with Gasteiger partial charge in [-0.15, -0.1) is 11.3 Å². The monoisotopic (exact) mass is 404 g/mol. The fraction of sp³-hybridized carbons (Fsp3) is 0.316. The molecular weight excluding hydrogens is 383 g/mol. The SMILES string of the molecule is CC(C)(C)OC(=O)NCCNC(=O)c1c(-c2ccc(F)cc2)nc2sccn12. The highest BCUT2D eigenvalue weighted by molar-refractivity contribution is 7.15. The standard InChI is InChI=1S/C19H21FN4O3S/c1-19(2,3)27-18(26)22-9-8-21-16(25)15-14(12-4-6-13(20)7-5-12)23-17-24(15)10-11-28-17/h4-7,10-11H,8-9H2,1-3H3,(H,21,25)(H,22,26). The van der Waals surface area contributed by atoms with E-state index in [9.17, 15) is 14.0 Å². The van der Waals surface area contributed by atoms with E-state index in [2.05, 4.69) is 15.6 Å². The molecule has 3 aromatic rings. The van der Waals surface area contributed by atoms with Crippen molar-refractivity contribution in [2.45, 2.75) is 26.4 Å². The maximum Gasteiger partial charge on any atom is 0.407 e. The molecule has 3 rings (SSSR count). The fourth-order valence-electron chi connectivity index (χ4n) is 2.55. The number of hydrogen-bond acceptors (Lipinski definition) is 5. The topological polar surface area (TPSA) is 84.7 Å². The first-order valence-corrected chi connectivity index (χ1v) is 9.59. The summed E-state index contributed by atoms with van der Waals surface area (Å²) in [5.41, 5.74) is 0.901. The van der Waals surface area contributed by atoms with Gasteiger partial charge in [-0.1, -0.05) is 0 Å². The van der Waals surface area contributed by atoms with Crippen molar-refractivity contribution in [2.75, 3.05) is 13.1 Å². The number of carbonyl (C=O) groups excluding carboxylic acids is 2. The fourth-order valence-corrected chi connectivity index (χ4v) is 3.26. The van der Waals surface area contributed by atoms with Crippen LogP contribution in [0.25, 0.3) is 16.2 Å². The molecule has 0 aliphatic heterocycles. The van der Waals surface area contributed by atoms with Crippen LogP contribution in [0.4, 0.5) is 9.18 Å². The highest BCUT2D eigenvalue weighted by atomic mass is 32.1. The average Bonchev–Trinajstić information content (AvgIpc) is 3.18. The quantitative estimate of drug-likeness (QED) is 0.638. The maximum atomic E-state index is 13.2. The summed E-state index contributed by atoms with van der Waals surface area (Å²) in [6.07, 6.45) is 1.21. The Labute approximate surface area is 165 Å². The van der Waals surface area contributed by atoms with Gasteiger partial charge in [-0.2, -0.15) is 0 Å². The summed E-state index contributed by atoms with van der Waals surface area (Å²) in [6, 6.07) is 5.83. The number of nitrogens with zero attached hydrogens (tertiary/aromatic N) is 2. The number of fused-ring (bicyclic) bond motifs is 1. The third-order valence-electron chi connectivity index (χ3n) is 3.67. The number of benzene rings is 1. The van der Waals surface area contributed by atoms with Crippen molar-refractivity contribution in [3.05, 3.63) is 47.4 Å². The molecule has 2 N–H and O–H groups in total. The van der Waals surface area contributed by atoms with E-state index in [4.69, 9.17) is 4.74 Å². The third-order valence-corrected chi connectivity index (χ3v) is 4.43. The van der Waals surface area contributed by atoms with Gasteiger partial charge in [-0.25, -0.2) is 14.2 Å². The Morgan fingerprint density at radius 2 is 1.86 bits per heavy atom. The molecule has 0 saturated heterocycles. The van der Waals surface area contributed by atoms with E-state index in [0.29, 0.717) is 21.9 Å². The zero-order chi connectivity index (χ0) is 20.3. The summed E-state index contributed by atoms with van der Waals surface area (Å²) in [6.45, 7) is 5.77. The Hall–Kier alpha value is -2.94. The number of amides is 2. The number of aromatic nitrogens is 2. The number of ether oxygens (including phenoxy) is 1. The van der Waals surface area contributed by atoms with E-state index in [1.165, 1.54) is 23.5 Å². The van der Waals surface area contributed by atoms with Crippen LogP contribution in [0.3, 0.4) is 0 Å². The second-order valence-electron chi connectivity index (χ2n) is 7.06. The number of nitrogens with one attached hydrogen (secondary N) is 2. The molecule has 148 valence electrons. The first kappa shape index (κ1) is 19.8. The van der Waals surface area contributed by atoms with E-state index in [1.807, 2.05) is 5.38 Å². The third kappa shape index (κ3) is 4.66. The second-order valence-corrected chi connectivity index (χ2v) is 7.93. The predicted molar refractivity (Wildman–Crippen MR) is 105 cm³/mol. The summed E-state index contributed by atoms with van der Waals surface area (Å²) < 4.78 is 20.1. The molecule has 0 unspecified atom stereocenters. The maximum absolute atomic E-state index is 13.2. The van der Waals surface area contributed by atoms with Gasteiger partial charge in [0.25, 0.3) is 5.91 Å². The van der Waals surface area contributed by atoms with Gasteiger partial charge in [0.1, 0.15) is 22.8 Å². The first-order valence-electron chi connectivity index (χ1n) is 8.71. The molecule has 0 spiro atoms. The van der Waals surface area contributed by atoms with Crippen LogP contribution < -0.4 is 10.6 Å². The normalized spacial score (nSPS) is 11.4. The van der Waals surface area contributed by atoms with Gasteiger partial charge in [0, 0.05) is 30.2 Å².